The Labute approximate surface area is 114 Å². The summed E-state index contributed by atoms with van der Waals surface area (Å²) in [6, 6.07) is 9.07. The van der Waals surface area contributed by atoms with Crippen LogP contribution in [0.4, 0.5) is 10.1 Å². The molecular formula is C12H9ClFNO3S. The Morgan fingerprint density at radius 2 is 1.84 bits per heavy atom. The molecule has 0 aliphatic heterocycles. The van der Waals surface area contributed by atoms with E-state index in [1.54, 1.807) is 6.07 Å². The summed E-state index contributed by atoms with van der Waals surface area (Å²) in [7, 11) is -3.90. The third kappa shape index (κ3) is 2.97. The molecular weight excluding hydrogens is 293 g/mol. The zero-order chi connectivity index (χ0) is 14.0. The highest BCUT2D eigenvalue weighted by Crippen LogP contribution is 2.25. The fourth-order valence-corrected chi connectivity index (χ4v) is 3.01. The van der Waals surface area contributed by atoms with E-state index in [0.717, 1.165) is 12.1 Å². The molecule has 0 aliphatic rings. The van der Waals surface area contributed by atoms with Crippen molar-refractivity contribution in [2.45, 2.75) is 4.90 Å². The molecule has 0 fully saturated rings. The van der Waals surface area contributed by atoms with Crippen molar-refractivity contribution in [1.29, 1.82) is 0 Å². The van der Waals surface area contributed by atoms with E-state index in [1.165, 1.54) is 24.3 Å². The highest BCUT2D eigenvalue weighted by molar-refractivity contribution is 7.92. The number of benzene rings is 2. The summed E-state index contributed by atoms with van der Waals surface area (Å²) in [5.41, 5.74) is -0.00443. The Morgan fingerprint density at radius 1 is 1.16 bits per heavy atom. The summed E-state index contributed by atoms with van der Waals surface area (Å²) < 4.78 is 39.4. The van der Waals surface area contributed by atoms with Crippen LogP contribution >= 0.6 is 11.6 Å². The van der Waals surface area contributed by atoms with Gasteiger partial charge in [0.25, 0.3) is 10.0 Å². The van der Waals surface area contributed by atoms with Gasteiger partial charge in [-0.1, -0.05) is 23.7 Å². The van der Waals surface area contributed by atoms with Crippen molar-refractivity contribution in [3.63, 3.8) is 0 Å². The molecule has 0 amide bonds. The molecule has 0 radical (unpaired) electrons. The Balaban J connectivity index is 2.37. The molecule has 0 aromatic heterocycles. The molecule has 0 aliphatic carbocycles. The SMILES string of the molecule is O=S(=O)(Nc1ccc(O)c(F)c1)c1ccccc1Cl. The summed E-state index contributed by atoms with van der Waals surface area (Å²) in [6.45, 7) is 0. The van der Waals surface area contributed by atoms with Gasteiger partial charge in [0.2, 0.25) is 0 Å². The van der Waals surface area contributed by atoms with E-state index in [9.17, 15) is 12.8 Å². The Bertz CT molecular complexity index is 719. The van der Waals surface area contributed by atoms with Gasteiger partial charge in [-0.2, -0.15) is 0 Å². The van der Waals surface area contributed by atoms with Gasteiger partial charge in [0.1, 0.15) is 4.90 Å². The number of sulfonamides is 1. The van der Waals surface area contributed by atoms with E-state index in [1.807, 2.05) is 0 Å². The standard InChI is InChI=1S/C12H9ClFNO3S/c13-9-3-1-2-4-12(9)19(17,18)15-8-5-6-11(16)10(14)7-8/h1-7,15-16H. The zero-order valence-electron chi connectivity index (χ0n) is 9.47. The molecule has 2 rings (SSSR count). The van der Waals surface area contributed by atoms with Crippen LogP contribution in [0.2, 0.25) is 5.02 Å². The number of hydrogen-bond acceptors (Lipinski definition) is 3. The van der Waals surface area contributed by atoms with Crippen molar-refractivity contribution in [3.05, 3.63) is 53.3 Å². The van der Waals surface area contributed by atoms with Crippen molar-refractivity contribution in [2.24, 2.45) is 0 Å². The fraction of sp³-hybridized carbons (Fsp3) is 0. The monoisotopic (exact) mass is 301 g/mol. The lowest BCUT2D eigenvalue weighted by molar-refractivity contribution is 0.432. The maximum absolute atomic E-state index is 13.1. The molecule has 0 bridgehead atoms. The average molecular weight is 302 g/mol. The first-order chi connectivity index (χ1) is 8.90. The number of rotatable bonds is 3. The summed E-state index contributed by atoms with van der Waals surface area (Å²) in [5.74, 6) is -1.47. The largest absolute Gasteiger partial charge is 0.505 e. The van der Waals surface area contributed by atoms with Crippen LogP contribution in [-0.4, -0.2) is 13.5 Å². The van der Waals surface area contributed by atoms with Gasteiger partial charge < -0.3 is 5.11 Å². The quantitative estimate of drug-likeness (QED) is 0.857. The predicted octanol–water partition coefficient (Wildman–Crippen LogP) is 2.99. The van der Waals surface area contributed by atoms with E-state index in [0.29, 0.717) is 0 Å². The maximum Gasteiger partial charge on any atom is 0.263 e. The highest BCUT2D eigenvalue weighted by atomic mass is 35.5. The number of halogens is 2. The number of hydrogen-bond donors (Lipinski definition) is 2. The van der Waals surface area contributed by atoms with E-state index >= 15 is 0 Å². The first kappa shape index (κ1) is 13.6. The second kappa shape index (κ2) is 5.07. The first-order valence-corrected chi connectivity index (χ1v) is 7.02. The Morgan fingerprint density at radius 3 is 2.47 bits per heavy atom. The minimum Gasteiger partial charge on any atom is -0.505 e. The van der Waals surface area contributed by atoms with Gasteiger partial charge in [-0.25, -0.2) is 12.8 Å². The molecule has 4 nitrogen and oxygen atoms in total. The summed E-state index contributed by atoms with van der Waals surface area (Å²) >= 11 is 5.80. The van der Waals surface area contributed by atoms with Crippen LogP contribution in [0.5, 0.6) is 5.75 Å². The van der Waals surface area contributed by atoms with Crippen molar-refractivity contribution >= 4 is 27.3 Å². The van der Waals surface area contributed by atoms with Crippen LogP contribution in [-0.2, 0) is 10.0 Å². The van der Waals surface area contributed by atoms with E-state index < -0.39 is 21.6 Å². The number of phenolic OH excluding ortho intramolecular Hbond substituents is 1. The van der Waals surface area contributed by atoms with Gasteiger partial charge in [-0.15, -0.1) is 0 Å². The first-order valence-electron chi connectivity index (χ1n) is 5.16. The Hall–Kier alpha value is -1.79. The smallest absolute Gasteiger partial charge is 0.263 e. The average Bonchev–Trinajstić information content (AvgIpc) is 2.34. The van der Waals surface area contributed by atoms with Crippen molar-refractivity contribution < 1.29 is 17.9 Å². The second-order valence-corrected chi connectivity index (χ2v) is 5.76. The van der Waals surface area contributed by atoms with Crippen LogP contribution in [0.3, 0.4) is 0 Å². The van der Waals surface area contributed by atoms with Crippen LogP contribution < -0.4 is 4.72 Å². The summed E-state index contributed by atoms with van der Waals surface area (Å²) in [4.78, 5) is -0.106. The number of aromatic hydroxyl groups is 1. The van der Waals surface area contributed by atoms with Gasteiger partial charge >= 0.3 is 0 Å². The number of phenols is 1. The van der Waals surface area contributed by atoms with Gasteiger partial charge in [0.15, 0.2) is 11.6 Å². The topological polar surface area (TPSA) is 66.4 Å². The second-order valence-electron chi connectivity index (χ2n) is 3.70. The van der Waals surface area contributed by atoms with E-state index in [-0.39, 0.29) is 15.6 Å². The van der Waals surface area contributed by atoms with Gasteiger partial charge in [0.05, 0.1) is 10.7 Å². The minimum atomic E-state index is -3.90. The molecule has 0 spiro atoms. The molecule has 2 N–H and O–H groups in total. The summed E-state index contributed by atoms with van der Waals surface area (Å²) in [6.07, 6.45) is 0. The number of anilines is 1. The normalized spacial score (nSPS) is 11.3. The Kier molecular flexibility index (Phi) is 3.64. The third-order valence-electron chi connectivity index (χ3n) is 2.33. The van der Waals surface area contributed by atoms with Crippen LogP contribution in [0, 0.1) is 5.82 Å². The lowest BCUT2D eigenvalue weighted by Gasteiger charge is -2.09. The van der Waals surface area contributed by atoms with Crippen molar-refractivity contribution in [2.75, 3.05) is 4.72 Å². The van der Waals surface area contributed by atoms with Crippen molar-refractivity contribution in [1.82, 2.24) is 0 Å². The molecule has 0 saturated carbocycles. The third-order valence-corrected chi connectivity index (χ3v) is 4.21. The minimum absolute atomic E-state index is 0.00443. The molecule has 0 saturated heterocycles. The molecule has 0 unspecified atom stereocenters. The molecule has 0 atom stereocenters. The lowest BCUT2D eigenvalue weighted by Crippen LogP contribution is -2.13. The maximum atomic E-state index is 13.1. The molecule has 19 heavy (non-hydrogen) atoms. The highest BCUT2D eigenvalue weighted by Gasteiger charge is 2.17. The zero-order valence-corrected chi connectivity index (χ0v) is 11.0. The van der Waals surface area contributed by atoms with Crippen LogP contribution in [0.1, 0.15) is 0 Å². The van der Waals surface area contributed by atoms with Gasteiger partial charge in [-0.3, -0.25) is 4.72 Å². The van der Waals surface area contributed by atoms with E-state index in [2.05, 4.69) is 4.72 Å². The fourth-order valence-electron chi connectivity index (χ4n) is 1.44. The van der Waals surface area contributed by atoms with Gasteiger partial charge in [-0.05, 0) is 24.3 Å². The van der Waals surface area contributed by atoms with E-state index in [4.69, 9.17) is 16.7 Å². The molecule has 0 heterocycles. The number of nitrogens with one attached hydrogen (secondary N) is 1. The van der Waals surface area contributed by atoms with Gasteiger partial charge in [0, 0.05) is 6.07 Å². The van der Waals surface area contributed by atoms with Crippen LogP contribution in [0.25, 0.3) is 0 Å². The lowest BCUT2D eigenvalue weighted by atomic mass is 10.3. The molecule has 7 heteroatoms. The summed E-state index contributed by atoms with van der Waals surface area (Å²) in [5, 5.41) is 9.09. The molecule has 2 aromatic rings. The molecule has 100 valence electrons. The predicted molar refractivity (Wildman–Crippen MR) is 70.3 cm³/mol. The van der Waals surface area contributed by atoms with Crippen molar-refractivity contribution in [3.8, 4) is 5.75 Å². The van der Waals surface area contributed by atoms with Crippen LogP contribution in [0.15, 0.2) is 47.4 Å². The molecule has 2 aromatic carbocycles.